The van der Waals surface area contributed by atoms with Crippen LogP contribution in [0.1, 0.15) is 6.92 Å². The van der Waals surface area contributed by atoms with Crippen molar-refractivity contribution in [3.05, 3.63) is 11.8 Å². The van der Waals surface area contributed by atoms with E-state index in [-0.39, 0.29) is 5.76 Å². The first kappa shape index (κ1) is 14.1. The largest absolute Gasteiger partial charge is 0.529 e. The molecule has 8 heteroatoms. The second kappa shape index (κ2) is 6.58. The summed E-state index contributed by atoms with van der Waals surface area (Å²) in [5.74, 6) is -0.780. The third-order valence-electron chi connectivity index (χ3n) is 1.19. The molecule has 0 radical (unpaired) electrons. The zero-order chi connectivity index (χ0) is 11.9. The molecule has 0 heterocycles. The van der Waals surface area contributed by atoms with Gasteiger partial charge in [-0.25, -0.2) is 9.36 Å². The molecule has 88 valence electrons. The molecule has 0 aromatic heterocycles. The summed E-state index contributed by atoms with van der Waals surface area (Å²) in [6.45, 7) is 1.39. The van der Waals surface area contributed by atoms with Gasteiger partial charge in [0.2, 0.25) is 0 Å². The van der Waals surface area contributed by atoms with Gasteiger partial charge in [-0.1, -0.05) is 0 Å². The highest BCUT2D eigenvalue weighted by Crippen LogP contribution is 2.49. The van der Waals surface area contributed by atoms with Crippen LogP contribution >= 0.6 is 7.82 Å². The second-order valence-electron chi connectivity index (χ2n) is 2.23. The van der Waals surface area contributed by atoms with Crippen LogP contribution < -0.4 is 0 Å². The molecule has 0 aromatic carbocycles. The lowest BCUT2D eigenvalue weighted by Gasteiger charge is -2.13. The van der Waals surface area contributed by atoms with Gasteiger partial charge in [0.15, 0.2) is 0 Å². The van der Waals surface area contributed by atoms with Crippen LogP contribution in [0, 0.1) is 0 Å². The van der Waals surface area contributed by atoms with Crippen LogP contribution in [-0.4, -0.2) is 27.3 Å². The fraction of sp³-hybridized carbons (Fsp3) is 0.571. The molecular weight excluding hydrogens is 227 g/mol. The van der Waals surface area contributed by atoms with E-state index in [1.807, 2.05) is 0 Å². The molecule has 15 heavy (non-hydrogen) atoms. The van der Waals surface area contributed by atoms with Gasteiger partial charge in [0.1, 0.15) is 5.76 Å². The van der Waals surface area contributed by atoms with Gasteiger partial charge in [0, 0.05) is 14.2 Å². The zero-order valence-electron chi connectivity index (χ0n) is 8.88. The number of phosphoric ester groups is 1. The molecule has 0 amide bonds. The molecule has 0 unspecified atom stereocenters. The Labute approximate surface area is 87.4 Å². The van der Waals surface area contributed by atoms with E-state index in [1.165, 1.54) is 14.0 Å². The zero-order valence-corrected chi connectivity index (χ0v) is 9.78. The van der Waals surface area contributed by atoms with Crippen LogP contribution in [0.5, 0.6) is 0 Å². The monoisotopic (exact) mass is 240 g/mol. The van der Waals surface area contributed by atoms with E-state index in [0.717, 1.165) is 20.3 Å². The van der Waals surface area contributed by atoms with Crippen molar-refractivity contribution in [1.29, 1.82) is 0 Å². The van der Waals surface area contributed by atoms with Gasteiger partial charge >= 0.3 is 13.8 Å². The summed E-state index contributed by atoms with van der Waals surface area (Å²) in [7, 11) is -0.136. The smallest absolute Gasteiger partial charge is 0.409 e. The van der Waals surface area contributed by atoms with Crippen molar-refractivity contribution in [3.63, 3.8) is 0 Å². The van der Waals surface area contributed by atoms with Crippen LogP contribution in [-0.2, 0) is 32.7 Å². The van der Waals surface area contributed by atoms with Crippen molar-refractivity contribution in [3.8, 4) is 0 Å². The fourth-order valence-corrected chi connectivity index (χ4v) is 1.33. The second-order valence-corrected chi connectivity index (χ2v) is 4.03. The molecule has 0 aliphatic carbocycles. The molecule has 0 spiro atoms. The third-order valence-corrected chi connectivity index (χ3v) is 2.60. The van der Waals surface area contributed by atoms with Gasteiger partial charge in [-0.3, -0.25) is 13.9 Å². The number of carbonyl (C=O) groups is 1. The molecule has 0 bridgehead atoms. The summed E-state index contributed by atoms with van der Waals surface area (Å²) >= 11 is 0. The Kier molecular flexibility index (Phi) is 6.19. The van der Waals surface area contributed by atoms with E-state index in [1.54, 1.807) is 0 Å². The summed E-state index contributed by atoms with van der Waals surface area (Å²) in [6.07, 6.45) is 0.939. The van der Waals surface area contributed by atoms with Gasteiger partial charge in [-0.05, 0) is 6.92 Å². The Morgan fingerprint density at radius 3 is 2.13 bits per heavy atom. The minimum absolute atomic E-state index is 0.0177. The van der Waals surface area contributed by atoms with Crippen LogP contribution in [0.25, 0.3) is 0 Å². The van der Waals surface area contributed by atoms with Gasteiger partial charge < -0.3 is 4.52 Å². The Morgan fingerprint density at radius 2 is 1.73 bits per heavy atom. The summed E-state index contributed by atoms with van der Waals surface area (Å²) in [6, 6.07) is 0. The first-order valence-electron chi connectivity index (χ1n) is 3.81. The maximum atomic E-state index is 11.4. The van der Waals surface area contributed by atoms with Crippen molar-refractivity contribution in [2.75, 3.05) is 21.3 Å². The molecule has 0 saturated heterocycles. The fourth-order valence-electron chi connectivity index (χ4n) is 0.624. The Morgan fingerprint density at radius 1 is 1.20 bits per heavy atom. The molecule has 0 atom stereocenters. The molecule has 0 aliphatic heterocycles. The lowest BCUT2D eigenvalue weighted by Crippen LogP contribution is -2.01. The number of phosphoric acid groups is 1. The molecule has 0 N–H and O–H groups in total. The molecule has 0 rings (SSSR count). The Balaban J connectivity index is 4.40. The Bertz CT molecular complexity index is 277. The molecule has 7 nitrogen and oxygen atoms in total. The molecular formula is C7H13O7P. The van der Waals surface area contributed by atoms with Crippen LogP contribution in [0.2, 0.25) is 0 Å². The topological polar surface area (TPSA) is 80.3 Å². The van der Waals surface area contributed by atoms with E-state index in [9.17, 15) is 9.36 Å². The van der Waals surface area contributed by atoms with E-state index < -0.39 is 13.8 Å². The van der Waals surface area contributed by atoms with Gasteiger partial charge in [0.05, 0.1) is 13.2 Å². The minimum Gasteiger partial charge on any atom is -0.409 e. The van der Waals surface area contributed by atoms with Crippen LogP contribution in [0.3, 0.4) is 0 Å². The molecule has 0 aromatic rings. The average Bonchev–Trinajstić information content (AvgIpc) is 2.17. The summed E-state index contributed by atoms with van der Waals surface area (Å²) in [4.78, 5) is 19.1. The van der Waals surface area contributed by atoms with Gasteiger partial charge in [-0.15, -0.1) is 0 Å². The van der Waals surface area contributed by atoms with Crippen LogP contribution in [0.4, 0.5) is 0 Å². The number of carbonyl (C=O) groups excluding carboxylic acids is 1. The van der Waals surface area contributed by atoms with Crippen molar-refractivity contribution in [2.24, 2.45) is 0 Å². The Hall–Kier alpha value is -0.880. The van der Waals surface area contributed by atoms with Crippen LogP contribution in [0.15, 0.2) is 11.8 Å². The first-order chi connectivity index (χ1) is 6.97. The molecule has 0 fully saturated rings. The van der Waals surface area contributed by atoms with Crippen molar-refractivity contribution in [2.45, 2.75) is 6.92 Å². The number of hydrogen-bond donors (Lipinski definition) is 0. The summed E-state index contributed by atoms with van der Waals surface area (Å²) in [5.41, 5.74) is 0. The third kappa shape index (κ3) is 5.54. The highest BCUT2D eigenvalue weighted by Gasteiger charge is 2.24. The van der Waals surface area contributed by atoms with Crippen molar-refractivity contribution < 1.29 is 32.7 Å². The maximum Gasteiger partial charge on any atom is 0.529 e. The summed E-state index contributed by atoms with van der Waals surface area (Å²) in [5, 5.41) is 0. The minimum atomic E-state index is -3.63. The lowest BCUT2D eigenvalue weighted by atomic mass is 10.5. The number of hydrogen-bond acceptors (Lipinski definition) is 7. The first-order valence-corrected chi connectivity index (χ1v) is 5.27. The molecule has 0 aliphatic rings. The van der Waals surface area contributed by atoms with E-state index in [0.29, 0.717) is 0 Å². The van der Waals surface area contributed by atoms with Crippen molar-refractivity contribution in [1.82, 2.24) is 0 Å². The van der Waals surface area contributed by atoms with Crippen molar-refractivity contribution >= 4 is 13.8 Å². The number of allylic oxidation sites excluding steroid dienone is 1. The van der Waals surface area contributed by atoms with Gasteiger partial charge in [-0.2, -0.15) is 4.89 Å². The lowest BCUT2D eigenvalue weighted by molar-refractivity contribution is -0.249. The quantitative estimate of drug-likeness (QED) is 0.228. The van der Waals surface area contributed by atoms with E-state index in [2.05, 4.69) is 18.8 Å². The van der Waals surface area contributed by atoms with Gasteiger partial charge in [0.25, 0.3) is 0 Å². The average molecular weight is 240 g/mol. The van der Waals surface area contributed by atoms with E-state index >= 15 is 0 Å². The maximum absolute atomic E-state index is 11.4. The van der Waals surface area contributed by atoms with E-state index in [4.69, 9.17) is 4.52 Å². The highest BCUT2D eigenvalue weighted by molar-refractivity contribution is 7.48. The molecule has 0 saturated carbocycles. The summed E-state index contributed by atoms with van der Waals surface area (Å²) < 4.78 is 25.2. The highest BCUT2D eigenvalue weighted by atomic mass is 31.2. The number of rotatable bonds is 6. The SMILES string of the molecule is COOC(=O)/C=C(\C)OP(=O)(OC)OC. The standard InChI is InChI=1S/C7H13O7P/c1-6(5-7(8)13-10-2)14-15(9,11-3)12-4/h5H,1-4H3/b6-5+. The predicted octanol–water partition coefficient (Wildman–Crippen LogP) is 1.41. The predicted molar refractivity (Wildman–Crippen MR) is 49.6 cm³/mol. The normalized spacial score (nSPS) is 12.4.